The van der Waals surface area contributed by atoms with E-state index in [-0.39, 0.29) is 47.7 Å². The first kappa shape index (κ1) is 19.1. The lowest BCUT2D eigenvalue weighted by Crippen LogP contribution is -2.36. The van der Waals surface area contributed by atoms with Gasteiger partial charge in [-0.05, 0) is 74.5 Å². The van der Waals surface area contributed by atoms with Gasteiger partial charge in [0.25, 0.3) is 0 Å². The normalized spacial score (nSPS) is 50.7. The molecule has 0 bridgehead atoms. The summed E-state index contributed by atoms with van der Waals surface area (Å²) in [4.78, 5) is 26.2. The second-order valence-electron chi connectivity index (χ2n) is 10.3. The molecule has 156 valence electrons. The first-order valence-corrected chi connectivity index (χ1v) is 11.0. The average Bonchev–Trinajstić information content (AvgIpc) is 3.05. The van der Waals surface area contributed by atoms with Crippen LogP contribution in [-0.2, 0) is 14.3 Å². The van der Waals surface area contributed by atoms with Crippen LogP contribution in [0, 0.1) is 53.3 Å². The molecular formula is C22H29F3O3. The molecule has 0 spiro atoms. The fourth-order valence-corrected chi connectivity index (χ4v) is 7.95. The number of rotatable bonds is 1. The Bertz CT molecular complexity index is 674. The van der Waals surface area contributed by atoms with E-state index in [1.807, 2.05) is 0 Å². The predicted octanol–water partition coefficient (Wildman–Crippen LogP) is 4.78. The van der Waals surface area contributed by atoms with Crippen molar-refractivity contribution in [3.05, 3.63) is 0 Å². The summed E-state index contributed by atoms with van der Waals surface area (Å²) in [6.07, 6.45) is 0.611. The molecule has 5 fully saturated rings. The zero-order valence-electron chi connectivity index (χ0n) is 16.3. The molecule has 0 heterocycles. The molecule has 0 amide bonds. The van der Waals surface area contributed by atoms with Crippen LogP contribution in [0.25, 0.3) is 0 Å². The largest absolute Gasteiger partial charge is 0.522 e. The number of hydrogen-bond acceptors (Lipinski definition) is 3. The minimum absolute atomic E-state index is 0.0212. The molecular weight excluding hydrogens is 369 g/mol. The molecule has 0 aromatic heterocycles. The van der Waals surface area contributed by atoms with Gasteiger partial charge < -0.3 is 0 Å². The van der Waals surface area contributed by atoms with Gasteiger partial charge in [0.1, 0.15) is 11.6 Å². The Morgan fingerprint density at radius 2 is 1.25 bits per heavy atom. The highest BCUT2D eigenvalue weighted by atomic mass is 19.4. The van der Waals surface area contributed by atoms with Crippen LogP contribution in [0.4, 0.5) is 13.2 Å². The molecule has 0 radical (unpaired) electrons. The Labute approximate surface area is 163 Å². The summed E-state index contributed by atoms with van der Waals surface area (Å²) in [5.74, 6) is 2.29. The van der Waals surface area contributed by atoms with Crippen LogP contribution < -0.4 is 0 Å². The third-order valence-corrected chi connectivity index (χ3v) is 8.97. The van der Waals surface area contributed by atoms with Crippen molar-refractivity contribution in [1.29, 1.82) is 0 Å². The summed E-state index contributed by atoms with van der Waals surface area (Å²) in [6, 6.07) is 0. The number of ketones is 2. The van der Waals surface area contributed by atoms with Gasteiger partial charge in [-0.3, -0.25) is 14.3 Å². The van der Waals surface area contributed by atoms with Gasteiger partial charge in [0.05, 0.1) is 6.10 Å². The summed E-state index contributed by atoms with van der Waals surface area (Å²) in [6.45, 7) is 2.23. The van der Waals surface area contributed by atoms with E-state index in [2.05, 4.69) is 11.7 Å². The van der Waals surface area contributed by atoms with Crippen molar-refractivity contribution in [1.82, 2.24) is 0 Å². The zero-order valence-corrected chi connectivity index (χ0v) is 16.3. The quantitative estimate of drug-likeness (QED) is 0.638. The van der Waals surface area contributed by atoms with Gasteiger partial charge in [0.2, 0.25) is 0 Å². The van der Waals surface area contributed by atoms with Crippen molar-refractivity contribution < 1.29 is 27.5 Å². The number of carbonyl (C=O) groups excluding carboxylic acids is 2. The molecule has 5 saturated carbocycles. The molecule has 0 aromatic rings. The average molecular weight is 398 g/mol. The van der Waals surface area contributed by atoms with Gasteiger partial charge in [-0.1, -0.05) is 13.3 Å². The summed E-state index contributed by atoms with van der Waals surface area (Å²) in [5, 5.41) is 0. The predicted molar refractivity (Wildman–Crippen MR) is 95.0 cm³/mol. The Morgan fingerprint density at radius 3 is 1.86 bits per heavy atom. The maximum absolute atomic E-state index is 13.1. The molecule has 10 atom stereocenters. The smallest absolute Gasteiger partial charge is 0.299 e. The molecule has 5 rings (SSSR count). The van der Waals surface area contributed by atoms with E-state index in [1.165, 1.54) is 6.42 Å². The number of carbonyl (C=O) groups is 2. The molecule has 0 aromatic carbocycles. The van der Waals surface area contributed by atoms with Crippen molar-refractivity contribution in [2.75, 3.05) is 0 Å². The van der Waals surface area contributed by atoms with Crippen LogP contribution >= 0.6 is 0 Å². The number of halogens is 3. The van der Waals surface area contributed by atoms with Crippen LogP contribution in [0.2, 0.25) is 0 Å². The summed E-state index contributed by atoms with van der Waals surface area (Å²) >= 11 is 0. The first-order chi connectivity index (χ1) is 13.2. The van der Waals surface area contributed by atoms with Crippen molar-refractivity contribution in [3.8, 4) is 0 Å². The molecule has 0 aliphatic heterocycles. The minimum Gasteiger partial charge on any atom is -0.299 e. The van der Waals surface area contributed by atoms with Crippen LogP contribution in [0.5, 0.6) is 0 Å². The van der Waals surface area contributed by atoms with E-state index in [9.17, 15) is 22.8 Å². The summed E-state index contributed by atoms with van der Waals surface area (Å²) in [7, 11) is 0. The fourth-order valence-electron chi connectivity index (χ4n) is 7.95. The third-order valence-electron chi connectivity index (χ3n) is 8.97. The minimum atomic E-state index is -4.64. The lowest BCUT2D eigenvalue weighted by atomic mass is 9.64. The lowest BCUT2D eigenvalue weighted by molar-refractivity contribution is -0.346. The second-order valence-corrected chi connectivity index (χ2v) is 10.3. The molecule has 6 heteroatoms. The molecule has 0 N–H and O–H groups in total. The summed E-state index contributed by atoms with van der Waals surface area (Å²) in [5.41, 5.74) is 0. The molecule has 3 nitrogen and oxygen atoms in total. The number of alkyl halides is 3. The van der Waals surface area contributed by atoms with E-state index < -0.39 is 12.5 Å². The van der Waals surface area contributed by atoms with E-state index >= 15 is 0 Å². The van der Waals surface area contributed by atoms with Crippen LogP contribution in [0.3, 0.4) is 0 Å². The van der Waals surface area contributed by atoms with E-state index in [4.69, 9.17) is 0 Å². The van der Waals surface area contributed by atoms with E-state index in [0.717, 1.165) is 19.3 Å². The third kappa shape index (κ3) is 2.96. The Morgan fingerprint density at radius 1 is 0.714 bits per heavy atom. The SMILES string of the molecule is CC1CCC2C(C1)C(=O)C1CC3C(=O)C4CC(OC(F)(F)F)CCC4C3CC12. The van der Waals surface area contributed by atoms with Crippen molar-refractivity contribution in [2.45, 2.75) is 70.8 Å². The van der Waals surface area contributed by atoms with Crippen molar-refractivity contribution in [2.24, 2.45) is 53.3 Å². The molecule has 10 unspecified atom stereocenters. The topological polar surface area (TPSA) is 43.4 Å². The van der Waals surface area contributed by atoms with Crippen LogP contribution in [0.1, 0.15) is 58.3 Å². The van der Waals surface area contributed by atoms with Gasteiger partial charge in [-0.15, -0.1) is 13.2 Å². The zero-order chi connectivity index (χ0) is 19.8. The molecule has 28 heavy (non-hydrogen) atoms. The number of ether oxygens (including phenoxy) is 1. The van der Waals surface area contributed by atoms with Crippen LogP contribution in [0.15, 0.2) is 0 Å². The molecule has 0 saturated heterocycles. The standard InChI is InChI=1S/C22H29F3O3/c1-10-2-4-12-14-8-15-13-5-3-11(28-22(23,24)25)7-17(13)21(27)19(15)9-18(14)20(26)16(12)6-10/h10-19H,2-9H2,1H3. The van der Waals surface area contributed by atoms with Gasteiger partial charge in [-0.25, -0.2) is 0 Å². The maximum atomic E-state index is 13.1. The number of Topliss-reactive ketones (excluding diaryl/α,β-unsaturated/α-hetero) is 2. The van der Waals surface area contributed by atoms with Gasteiger partial charge in [0.15, 0.2) is 0 Å². The summed E-state index contributed by atoms with van der Waals surface area (Å²) < 4.78 is 42.1. The van der Waals surface area contributed by atoms with Gasteiger partial charge in [-0.2, -0.15) is 0 Å². The number of hydrogen-bond donors (Lipinski definition) is 0. The van der Waals surface area contributed by atoms with Crippen molar-refractivity contribution in [3.63, 3.8) is 0 Å². The fraction of sp³-hybridized carbons (Fsp3) is 0.909. The number of fused-ring (bicyclic) bond motifs is 6. The van der Waals surface area contributed by atoms with E-state index in [1.54, 1.807) is 0 Å². The maximum Gasteiger partial charge on any atom is 0.522 e. The van der Waals surface area contributed by atoms with Crippen molar-refractivity contribution >= 4 is 11.6 Å². The highest BCUT2D eigenvalue weighted by molar-refractivity contribution is 5.90. The lowest BCUT2D eigenvalue weighted by Gasteiger charge is -2.40. The first-order valence-electron chi connectivity index (χ1n) is 11.0. The van der Waals surface area contributed by atoms with Gasteiger partial charge in [0, 0.05) is 23.7 Å². The Hall–Kier alpha value is -0.910. The Balaban J connectivity index is 1.33. The monoisotopic (exact) mass is 398 g/mol. The van der Waals surface area contributed by atoms with E-state index in [0.29, 0.717) is 42.8 Å². The molecule has 5 aliphatic rings. The van der Waals surface area contributed by atoms with Gasteiger partial charge >= 0.3 is 6.36 Å². The highest BCUT2D eigenvalue weighted by Gasteiger charge is 2.61. The Kier molecular flexibility index (Phi) is 4.46. The highest BCUT2D eigenvalue weighted by Crippen LogP contribution is 2.61. The second kappa shape index (κ2) is 6.55. The molecule has 5 aliphatic carbocycles. The van der Waals surface area contributed by atoms with Crippen LogP contribution in [-0.4, -0.2) is 24.0 Å².